The molecule has 0 radical (unpaired) electrons. The van der Waals surface area contributed by atoms with Gasteiger partial charge in [-0.05, 0) is 67.3 Å². The molecule has 3 amide bonds. The highest BCUT2D eigenvalue weighted by molar-refractivity contribution is 8.00. The predicted octanol–water partition coefficient (Wildman–Crippen LogP) is 7.00. The molecule has 5 aromatic rings. The molecule has 1 N–H and O–H groups in total. The number of thiazole rings is 1. The molecule has 0 spiro atoms. The third-order valence-electron chi connectivity index (χ3n) is 8.88. The molecule has 238 valence electrons. The molecular weight excluding hydrogens is 652 g/mol. The number of nitrogens with zero attached hydrogens (tertiary/aromatic N) is 3. The van der Waals surface area contributed by atoms with E-state index >= 15 is 0 Å². The van der Waals surface area contributed by atoms with Crippen LogP contribution in [0.3, 0.4) is 0 Å². The van der Waals surface area contributed by atoms with Crippen molar-refractivity contribution in [3.05, 3.63) is 116 Å². The maximum Gasteiger partial charge on any atom is 0.308 e. The predicted molar refractivity (Wildman–Crippen MR) is 190 cm³/mol. The average Bonchev–Trinajstić information content (AvgIpc) is 3.52. The molecule has 11 heteroatoms. The van der Waals surface area contributed by atoms with Crippen LogP contribution >= 0.6 is 34.7 Å². The molecule has 0 saturated carbocycles. The fraction of sp³-hybridized carbons (Fsp3) is 0.222. The van der Waals surface area contributed by atoms with Crippen molar-refractivity contribution in [2.24, 2.45) is 5.92 Å². The minimum absolute atomic E-state index is 0.227. The van der Waals surface area contributed by atoms with E-state index in [0.717, 1.165) is 46.4 Å². The Morgan fingerprint density at radius 1 is 0.872 bits per heavy atom. The summed E-state index contributed by atoms with van der Waals surface area (Å²) in [4.78, 5) is 59.1. The van der Waals surface area contributed by atoms with Crippen LogP contribution in [0.1, 0.15) is 30.2 Å². The summed E-state index contributed by atoms with van der Waals surface area (Å²) in [6, 6.07) is 28.1. The zero-order valence-corrected chi connectivity index (χ0v) is 28.1. The van der Waals surface area contributed by atoms with E-state index in [1.54, 1.807) is 24.3 Å². The van der Waals surface area contributed by atoms with E-state index in [1.807, 2.05) is 66.7 Å². The highest BCUT2D eigenvalue weighted by Gasteiger charge is 2.56. The summed E-state index contributed by atoms with van der Waals surface area (Å²) in [5, 5.41) is 5.13. The van der Waals surface area contributed by atoms with Crippen LogP contribution in [0, 0.1) is 5.92 Å². The molecule has 3 heterocycles. The largest absolute Gasteiger partial charge is 0.372 e. The average molecular weight is 683 g/mol. The maximum absolute atomic E-state index is 14.2. The topological polar surface area (TPSA) is 91.7 Å². The second-order valence-corrected chi connectivity index (χ2v) is 14.1. The second kappa shape index (κ2) is 12.7. The molecule has 4 aromatic carbocycles. The lowest BCUT2D eigenvalue weighted by molar-refractivity contribution is -0.122. The number of halogens is 1. The molecule has 0 bridgehead atoms. The minimum atomic E-state index is -0.778. The van der Waals surface area contributed by atoms with Crippen LogP contribution in [0.25, 0.3) is 10.8 Å². The number of hydrogen-bond donors (Lipinski definition) is 1. The van der Waals surface area contributed by atoms with Gasteiger partial charge < -0.3 is 10.2 Å². The molecule has 2 aliphatic rings. The van der Waals surface area contributed by atoms with E-state index in [4.69, 9.17) is 11.6 Å². The summed E-state index contributed by atoms with van der Waals surface area (Å²) in [6.45, 7) is 5.65. The zero-order chi connectivity index (χ0) is 32.8. The van der Waals surface area contributed by atoms with Gasteiger partial charge in [0.2, 0.25) is 17.7 Å². The summed E-state index contributed by atoms with van der Waals surface area (Å²) in [7, 11) is 0. The minimum Gasteiger partial charge on any atom is -0.372 e. The Labute approximate surface area is 284 Å². The number of benzene rings is 4. The molecule has 8 nitrogen and oxygen atoms in total. The smallest absolute Gasteiger partial charge is 0.308 e. The van der Waals surface area contributed by atoms with Gasteiger partial charge in [0.25, 0.3) is 0 Å². The van der Waals surface area contributed by atoms with Crippen LogP contribution in [0.4, 0.5) is 17.1 Å². The number of carbonyl (C=O) groups excluding carboxylic acids is 3. The van der Waals surface area contributed by atoms with Gasteiger partial charge in [-0.1, -0.05) is 83.2 Å². The maximum atomic E-state index is 14.2. The van der Waals surface area contributed by atoms with Crippen molar-refractivity contribution in [1.29, 1.82) is 0 Å². The lowest BCUT2D eigenvalue weighted by Gasteiger charge is -2.31. The van der Waals surface area contributed by atoms with E-state index in [-0.39, 0.29) is 29.1 Å². The first-order valence-electron chi connectivity index (χ1n) is 15.4. The van der Waals surface area contributed by atoms with Gasteiger partial charge in [0.05, 0.1) is 16.6 Å². The Hall–Kier alpha value is -4.38. The molecule has 47 heavy (non-hydrogen) atoms. The van der Waals surface area contributed by atoms with Gasteiger partial charge >= 0.3 is 4.87 Å². The van der Waals surface area contributed by atoms with Gasteiger partial charge in [0.1, 0.15) is 11.8 Å². The van der Waals surface area contributed by atoms with Gasteiger partial charge in [0, 0.05) is 45.7 Å². The Kier molecular flexibility index (Phi) is 8.42. The van der Waals surface area contributed by atoms with Gasteiger partial charge in [-0.3, -0.25) is 23.7 Å². The fourth-order valence-electron chi connectivity index (χ4n) is 6.61. The SMILES string of the molecule is CCN(CC)c1ccc(C2c3sc(=O)n(CC(=O)Nc4cccc5ccccc45)c3SC3C(=O)N(c4ccc(Cl)cc4)C(=O)C32)cc1. The summed E-state index contributed by atoms with van der Waals surface area (Å²) >= 11 is 8.35. The standard InChI is InChI=1S/C36H31ClN4O4S2/c1-3-39(4-2)24-16-12-22(13-17-24)29-30-31(34(44)41(33(30)43)25-18-14-23(37)15-19-25)46-35-32(29)47-36(45)40(35)20-28(42)38-27-11-7-9-21-8-5-6-10-26(21)27/h5-19,29-31H,3-4,20H2,1-2H3,(H,38,42). The molecule has 0 aliphatic carbocycles. The number of nitrogens with one attached hydrogen (secondary N) is 1. The molecule has 1 aromatic heterocycles. The summed E-state index contributed by atoms with van der Waals surface area (Å²) in [6.07, 6.45) is 0. The first kappa shape index (κ1) is 31.2. The molecule has 7 rings (SSSR count). The molecule has 1 saturated heterocycles. The molecule has 3 atom stereocenters. The Morgan fingerprint density at radius 2 is 1.57 bits per heavy atom. The van der Waals surface area contributed by atoms with Crippen LogP contribution in [-0.4, -0.2) is 40.6 Å². The van der Waals surface area contributed by atoms with Crippen molar-refractivity contribution in [3.63, 3.8) is 0 Å². The van der Waals surface area contributed by atoms with Crippen molar-refractivity contribution in [2.75, 3.05) is 28.2 Å². The fourth-order valence-corrected chi connectivity index (χ4v) is 9.51. The summed E-state index contributed by atoms with van der Waals surface area (Å²) in [5.74, 6) is -2.31. The number of thioether (sulfide) groups is 1. The highest BCUT2D eigenvalue weighted by Crippen LogP contribution is 2.54. The first-order valence-corrected chi connectivity index (χ1v) is 17.5. The van der Waals surface area contributed by atoms with Crippen LogP contribution in [0.5, 0.6) is 0 Å². The lowest BCUT2D eigenvalue weighted by Crippen LogP contribution is -2.33. The van der Waals surface area contributed by atoms with Gasteiger partial charge in [-0.2, -0.15) is 0 Å². The number of anilines is 3. The summed E-state index contributed by atoms with van der Waals surface area (Å²) in [5.41, 5.74) is 2.99. The highest BCUT2D eigenvalue weighted by atomic mass is 35.5. The second-order valence-electron chi connectivity index (χ2n) is 11.5. The van der Waals surface area contributed by atoms with Gasteiger partial charge in [-0.15, -0.1) is 0 Å². The number of aromatic nitrogens is 1. The third-order valence-corrected chi connectivity index (χ3v) is 11.7. The number of imide groups is 1. The van der Waals surface area contributed by atoms with Crippen molar-refractivity contribution < 1.29 is 14.4 Å². The number of amides is 3. The molecular formula is C36H31ClN4O4S2. The monoisotopic (exact) mass is 682 g/mol. The number of rotatable bonds is 8. The Morgan fingerprint density at radius 3 is 2.30 bits per heavy atom. The summed E-state index contributed by atoms with van der Waals surface area (Å²) < 4.78 is 1.45. The molecule has 1 fully saturated rings. The third kappa shape index (κ3) is 5.54. The van der Waals surface area contributed by atoms with Gasteiger partial charge in [0.15, 0.2) is 0 Å². The number of hydrogen-bond acceptors (Lipinski definition) is 7. The van der Waals surface area contributed by atoms with Crippen molar-refractivity contribution >= 4 is 80.3 Å². The van der Waals surface area contributed by atoms with Crippen molar-refractivity contribution in [3.8, 4) is 0 Å². The van der Waals surface area contributed by atoms with Crippen molar-refractivity contribution in [2.45, 2.75) is 36.6 Å². The van der Waals surface area contributed by atoms with Crippen LogP contribution in [0.2, 0.25) is 5.02 Å². The molecule has 2 aliphatic heterocycles. The Bertz CT molecular complexity index is 2070. The quantitative estimate of drug-likeness (QED) is 0.177. The first-order chi connectivity index (χ1) is 22.8. The number of fused-ring (bicyclic) bond motifs is 3. The van der Waals surface area contributed by atoms with E-state index < -0.39 is 17.1 Å². The van der Waals surface area contributed by atoms with Crippen LogP contribution in [-0.2, 0) is 20.9 Å². The van der Waals surface area contributed by atoms with E-state index in [0.29, 0.717) is 26.3 Å². The van der Waals surface area contributed by atoms with E-state index in [9.17, 15) is 19.2 Å². The molecule has 3 unspecified atom stereocenters. The van der Waals surface area contributed by atoms with Crippen LogP contribution in [0.15, 0.2) is 101 Å². The lowest BCUT2D eigenvalue weighted by atomic mass is 9.83. The van der Waals surface area contributed by atoms with Gasteiger partial charge in [-0.25, -0.2) is 4.90 Å². The normalized spacial score (nSPS) is 18.7. The zero-order valence-electron chi connectivity index (χ0n) is 25.7. The number of carbonyl (C=O) groups is 3. The Balaban J connectivity index is 1.28. The van der Waals surface area contributed by atoms with E-state index in [1.165, 1.54) is 21.2 Å². The van der Waals surface area contributed by atoms with Crippen molar-refractivity contribution in [1.82, 2.24) is 4.57 Å². The van der Waals surface area contributed by atoms with Crippen LogP contribution < -0.4 is 20.0 Å². The van der Waals surface area contributed by atoms with E-state index in [2.05, 4.69) is 24.1 Å².